The first-order chi connectivity index (χ1) is 12.6. The van der Waals surface area contributed by atoms with Crippen LogP contribution in [0.4, 0.5) is 0 Å². The molecule has 1 heterocycles. The van der Waals surface area contributed by atoms with E-state index in [0.29, 0.717) is 16.6 Å². The molecule has 0 saturated heterocycles. The van der Waals surface area contributed by atoms with Gasteiger partial charge in [0.05, 0.1) is 10.6 Å². The van der Waals surface area contributed by atoms with Gasteiger partial charge in [-0.25, -0.2) is 8.42 Å². The van der Waals surface area contributed by atoms with Gasteiger partial charge in [0.1, 0.15) is 5.82 Å². The Morgan fingerprint density at radius 2 is 1.62 bits per heavy atom. The summed E-state index contributed by atoms with van der Waals surface area (Å²) in [6.45, 7) is 0. The van der Waals surface area contributed by atoms with Crippen LogP contribution in [0.3, 0.4) is 0 Å². The van der Waals surface area contributed by atoms with Gasteiger partial charge >= 0.3 is 0 Å². The summed E-state index contributed by atoms with van der Waals surface area (Å²) in [6.07, 6.45) is 2.27. The third-order valence-corrected chi connectivity index (χ3v) is 7.22. The van der Waals surface area contributed by atoms with Crippen LogP contribution in [0, 0.1) is 0 Å². The van der Waals surface area contributed by atoms with Gasteiger partial charge in [0.2, 0.25) is 0 Å². The first kappa shape index (κ1) is 17.3. The fourth-order valence-electron chi connectivity index (χ4n) is 2.79. The maximum Gasteiger partial charge on any atom is 0.195 e. The highest BCUT2D eigenvalue weighted by Gasteiger charge is 2.31. The van der Waals surface area contributed by atoms with E-state index in [9.17, 15) is 8.42 Å². The van der Waals surface area contributed by atoms with Crippen molar-refractivity contribution in [2.24, 2.45) is 0 Å². The standard InChI is InChI=1S/C19H19N3O2S2/c23-26(24,17-9-5-2-6-10-17)14-13-25-19-21-20-18(15-11-12-15)22(19)16-7-3-1-4-8-16/h1-10,15H,11-14H2. The normalized spacial score (nSPS) is 14.5. The van der Waals surface area contributed by atoms with Crippen molar-refractivity contribution in [3.8, 4) is 5.69 Å². The average Bonchev–Trinajstić information content (AvgIpc) is 3.43. The summed E-state index contributed by atoms with van der Waals surface area (Å²) < 4.78 is 27.0. The van der Waals surface area contributed by atoms with Gasteiger partial charge in [-0.1, -0.05) is 48.2 Å². The van der Waals surface area contributed by atoms with Gasteiger partial charge in [-0.05, 0) is 37.1 Å². The Bertz CT molecular complexity index is 982. The van der Waals surface area contributed by atoms with E-state index in [1.54, 1.807) is 24.3 Å². The van der Waals surface area contributed by atoms with Gasteiger partial charge < -0.3 is 0 Å². The lowest BCUT2D eigenvalue weighted by Gasteiger charge is -2.10. The van der Waals surface area contributed by atoms with Crippen LogP contribution >= 0.6 is 11.8 Å². The molecule has 1 aliphatic rings. The van der Waals surface area contributed by atoms with Crippen LogP contribution in [0.15, 0.2) is 70.7 Å². The molecule has 0 amide bonds. The quantitative estimate of drug-likeness (QED) is 0.580. The fourth-order valence-corrected chi connectivity index (χ4v) is 5.42. The summed E-state index contributed by atoms with van der Waals surface area (Å²) in [7, 11) is -3.28. The molecule has 1 fully saturated rings. The highest BCUT2D eigenvalue weighted by Crippen LogP contribution is 2.41. The third kappa shape index (κ3) is 3.68. The minimum absolute atomic E-state index is 0.0715. The van der Waals surface area contributed by atoms with Crippen LogP contribution in [0.2, 0.25) is 0 Å². The van der Waals surface area contributed by atoms with E-state index in [1.165, 1.54) is 11.8 Å². The summed E-state index contributed by atoms with van der Waals surface area (Å²) in [5.41, 5.74) is 1.02. The van der Waals surface area contributed by atoms with Crippen LogP contribution in [0.25, 0.3) is 5.69 Å². The zero-order chi connectivity index (χ0) is 18.0. The number of hydrogen-bond acceptors (Lipinski definition) is 5. The van der Waals surface area contributed by atoms with Crippen molar-refractivity contribution >= 4 is 21.6 Å². The molecule has 3 aromatic rings. The van der Waals surface area contributed by atoms with Gasteiger partial charge in [0, 0.05) is 17.4 Å². The molecule has 0 spiro atoms. The molecule has 5 nitrogen and oxygen atoms in total. The van der Waals surface area contributed by atoms with Gasteiger partial charge in [-0.3, -0.25) is 4.57 Å². The average molecular weight is 386 g/mol. The molecule has 2 aromatic carbocycles. The second kappa shape index (κ2) is 7.25. The first-order valence-corrected chi connectivity index (χ1v) is 11.2. The number of aromatic nitrogens is 3. The Morgan fingerprint density at radius 1 is 0.962 bits per heavy atom. The molecule has 0 N–H and O–H groups in total. The smallest absolute Gasteiger partial charge is 0.195 e. The van der Waals surface area contributed by atoms with Crippen LogP contribution < -0.4 is 0 Å². The van der Waals surface area contributed by atoms with Crippen LogP contribution in [0.1, 0.15) is 24.6 Å². The molecule has 1 aromatic heterocycles. The highest BCUT2D eigenvalue weighted by atomic mass is 32.2. The Kier molecular flexibility index (Phi) is 4.82. The van der Waals surface area contributed by atoms with Crippen molar-refractivity contribution in [3.63, 3.8) is 0 Å². The number of thioether (sulfide) groups is 1. The number of sulfone groups is 1. The molecule has 26 heavy (non-hydrogen) atoms. The molecule has 1 saturated carbocycles. The number of nitrogens with zero attached hydrogens (tertiary/aromatic N) is 3. The maximum absolute atomic E-state index is 12.4. The van der Waals surface area contributed by atoms with Crippen LogP contribution in [-0.4, -0.2) is 34.7 Å². The van der Waals surface area contributed by atoms with E-state index in [-0.39, 0.29) is 5.75 Å². The largest absolute Gasteiger partial charge is 0.274 e. The predicted octanol–water partition coefficient (Wildman–Crippen LogP) is 3.71. The molecule has 4 rings (SSSR count). The number of para-hydroxylation sites is 1. The minimum Gasteiger partial charge on any atom is -0.274 e. The lowest BCUT2D eigenvalue weighted by atomic mass is 10.3. The lowest BCUT2D eigenvalue weighted by Crippen LogP contribution is -2.09. The summed E-state index contributed by atoms with van der Waals surface area (Å²) in [5.74, 6) is 1.95. The summed E-state index contributed by atoms with van der Waals surface area (Å²) in [6, 6.07) is 18.6. The van der Waals surface area contributed by atoms with Gasteiger partial charge in [-0.2, -0.15) is 0 Å². The zero-order valence-corrected chi connectivity index (χ0v) is 15.8. The molecular weight excluding hydrogens is 366 g/mol. The number of rotatable bonds is 7. The van der Waals surface area contributed by atoms with Crippen molar-refractivity contribution < 1.29 is 8.42 Å². The van der Waals surface area contributed by atoms with Crippen molar-refractivity contribution in [1.29, 1.82) is 0 Å². The van der Waals surface area contributed by atoms with Gasteiger partial charge in [-0.15, -0.1) is 10.2 Å². The molecule has 0 bridgehead atoms. The Hall–Kier alpha value is -2.12. The fraction of sp³-hybridized carbons (Fsp3) is 0.263. The second-order valence-corrected chi connectivity index (χ2v) is 9.44. The summed E-state index contributed by atoms with van der Waals surface area (Å²) in [5, 5.41) is 9.45. The van der Waals surface area contributed by atoms with Crippen molar-refractivity contribution in [2.45, 2.75) is 28.8 Å². The van der Waals surface area contributed by atoms with E-state index in [2.05, 4.69) is 14.8 Å². The molecule has 0 aliphatic heterocycles. The lowest BCUT2D eigenvalue weighted by molar-refractivity contribution is 0.597. The molecule has 0 atom stereocenters. The van der Waals surface area contributed by atoms with E-state index < -0.39 is 9.84 Å². The summed E-state index contributed by atoms with van der Waals surface area (Å²) in [4.78, 5) is 0.365. The Morgan fingerprint density at radius 3 is 2.27 bits per heavy atom. The molecule has 0 unspecified atom stereocenters. The van der Waals surface area contributed by atoms with Gasteiger partial charge in [0.25, 0.3) is 0 Å². The van der Waals surface area contributed by atoms with Crippen molar-refractivity contribution in [3.05, 3.63) is 66.5 Å². The summed E-state index contributed by atoms with van der Waals surface area (Å²) >= 11 is 1.44. The van der Waals surface area contributed by atoms with Crippen LogP contribution in [-0.2, 0) is 9.84 Å². The SMILES string of the molecule is O=S(=O)(CCSc1nnc(C2CC2)n1-c1ccccc1)c1ccccc1. The van der Waals surface area contributed by atoms with E-state index in [4.69, 9.17) is 0 Å². The van der Waals surface area contributed by atoms with Crippen molar-refractivity contribution in [2.75, 3.05) is 11.5 Å². The zero-order valence-electron chi connectivity index (χ0n) is 14.2. The van der Waals surface area contributed by atoms with Crippen LogP contribution in [0.5, 0.6) is 0 Å². The molecule has 7 heteroatoms. The first-order valence-electron chi connectivity index (χ1n) is 8.56. The number of benzene rings is 2. The Labute approximate surface area is 157 Å². The predicted molar refractivity (Wildman–Crippen MR) is 103 cm³/mol. The molecule has 0 radical (unpaired) electrons. The van der Waals surface area contributed by atoms with E-state index >= 15 is 0 Å². The van der Waals surface area contributed by atoms with E-state index in [1.807, 2.05) is 36.4 Å². The molecule has 1 aliphatic carbocycles. The van der Waals surface area contributed by atoms with Crippen molar-refractivity contribution in [1.82, 2.24) is 14.8 Å². The Balaban J connectivity index is 1.52. The second-order valence-electron chi connectivity index (χ2n) is 6.27. The molecular formula is C19H19N3O2S2. The monoisotopic (exact) mass is 385 g/mol. The highest BCUT2D eigenvalue weighted by molar-refractivity contribution is 8.00. The molecule has 134 valence electrons. The minimum atomic E-state index is -3.28. The van der Waals surface area contributed by atoms with E-state index in [0.717, 1.165) is 29.5 Å². The topological polar surface area (TPSA) is 64.8 Å². The maximum atomic E-state index is 12.4. The number of hydrogen-bond donors (Lipinski definition) is 0. The third-order valence-electron chi connectivity index (χ3n) is 4.30. The van der Waals surface area contributed by atoms with Gasteiger partial charge in [0.15, 0.2) is 15.0 Å².